The van der Waals surface area contributed by atoms with E-state index in [4.69, 9.17) is 4.74 Å². The van der Waals surface area contributed by atoms with E-state index in [1.54, 1.807) is 0 Å². The molecule has 0 aromatic heterocycles. The van der Waals surface area contributed by atoms with Gasteiger partial charge in [-0.15, -0.1) is 0 Å². The van der Waals surface area contributed by atoms with Crippen molar-refractivity contribution in [1.29, 1.82) is 0 Å². The molecule has 1 atom stereocenters. The highest BCUT2D eigenvalue weighted by atomic mass is 16.5. The molecule has 0 aromatic carbocycles. The number of ether oxygens (including phenoxy) is 1. The maximum absolute atomic E-state index is 5.79. The van der Waals surface area contributed by atoms with E-state index in [1.165, 1.54) is 32.5 Å². The molecule has 3 nitrogen and oxygen atoms in total. The van der Waals surface area contributed by atoms with Gasteiger partial charge in [-0.2, -0.15) is 0 Å². The molecule has 0 saturated carbocycles. The molecule has 1 heterocycles. The van der Waals surface area contributed by atoms with Gasteiger partial charge < -0.3 is 15.0 Å². The molecule has 17 heavy (non-hydrogen) atoms. The molecule has 1 aliphatic heterocycles. The van der Waals surface area contributed by atoms with Gasteiger partial charge in [0.25, 0.3) is 0 Å². The van der Waals surface area contributed by atoms with E-state index in [0.717, 1.165) is 25.6 Å². The van der Waals surface area contributed by atoms with Crippen molar-refractivity contribution in [2.24, 2.45) is 5.92 Å². The third kappa shape index (κ3) is 7.02. The summed E-state index contributed by atoms with van der Waals surface area (Å²) in [5, 5.41) is 3.49. The number of piperidine rings is 1. The smallest absolute Gasteiger partial charge is 0.0600 e. The second-order valence-electron chi connectivity index (χ2n) is 6.07. The first-order valence-electron chi connectivity index (χ1n) is 7.08. The van der Waals surface area contributed by atoms with Gasteiger partial charge in [-0.25, -0.2) is 0 Å². The molecular weight excluding hydrogens is 212 g/mol. The van der Waals surface area contributed by atoms with Crippen molar-refractivity contribution in [2.75, 3.05) is 39.3 Å². The van der Waals surface area contributed by atoms with Gasteiger partial charge in [0.15, 0.2) is 0 Å². The lowest BCUT2D eigenvalue weighted by Gasteiger charge is -2.30. The average molecular weight is 242 g/mol. The number of rotatable bonds is 6. The Bertz CT molecular complexity index is 195. The molecule has 102 valence electrons. The molecule has 1 N–H and O–H groups in total. The Hall–Kier alpha value is -0.120. The molecule has 3 heteroatoms. The zero-order valence-corrected chi connectivity index (χ0v) is 12.1. The predicted molar refractivity (Wildman–Crippen MR) is 73.4 cm³/mol. The van der Waals surface area contributed by atoms with Crippen LogP contribution in [0, 0.1) is 5.92 Å². The highest BCUT2D eigenvalue weighted by Gasteiger charge is 2.17. The quantitative estimate of drug-likeness (QED) is 0.772. The molecular formula is C14H30N2O. The number of hydrogen-bond donors (Lipinski definition) is 1. The van der Waals surface area contributed by atoms with E-state index in [1.807, 2.05) is 0 Å². The zero-order chi connectivity index (χ0) is 12.7. The standard InChI is InChI=1S/C14H30N2O/c1-5-16(9-10-17-14(2,3)4)12-13-7-6-8-15-11-13/h13,15H,5-12H2,1-4H3. The molecule has 0 spiro atoms. The van der Waals surface area contributed by atoms with Crippen LogP contribution in [0.1, 0.15) is 40.5 Å². The first kappa shape index (κ1) is 14.9. The SMILES string of the molecule is CCN(CCOC(C)(C)C)CC1CCCNC1. The lowest BCUT2D eigenvalue weighted by molar-refractivity contribution is -0.0142. The molecule has 1 saturated heterocycles. The molecule has 1 rings (SSSR count). The van der Waals surface area contributed by atoms with Crippen molar-refractivity contribution in [2.45, 2.75) is 46.1 Å². The lowest BCUT2D eigenvalue weighted by atomic mass is 9.99. The van der Waals surface area contributed by atoms with Crippen LogP contribution in [0.3, 0.4) is 0 Å². The van der Waals surface area contributed by atoms with Gasteiger partial charge >= 0.3 is 0 Å². The Labute approximate surface area is 107 Å². The fourth-order valence-corrected chi connectivity index (χ4v) is 2.30. The summed E-state index contributed by atoms with van der Waals surface area (Å²) in [5.41, 5.74) is -0.00813. The van der Waals surface area contributed by atoms with E-state index in [0.29, 0.717) is 0 Å². The molecule has 1 aliphatic rings. The minimum absolute atomic E-state index is 0.00813. The van der Waals surface area contributed by atoms with Gasteiger partial charge in [-0.05, 0) is 59.2 Å². The van der Waals surface area contributed by atoms with E-state index in [-0.39, 0.29) is 5.60 Å². The topological polar surface area (TPSA) is 24.5 Å². The summed E-state index contributed by atoms with van der Waals surface area (Å²) < 4.78 is 5.79. The van der Waals surface area contributed by atoms with Crippen LogP contribution in [-0.2, 0) is 4.74 Å². The van der Waals surface area contributed by atoms with Crippen LogP contribution in [0.2, 0.25) is 0 Å². The maximum atomic E-state index is 5.79. The Morgan fingerprint density at radius 3 is 2.65 bits per heavy atom. The number of hydrogen-bond acceptors (Lipinski definition) is 3. The summed E-state index contributed by atoms with van der Waals surface area (Å²) in [4.78, 5) is 2.52. The monoisotopic (exact) mass is 242 g/mol. The summed E-state index contributed by atoms with van der Waals surface area (Å²) in [6, 6.07) is 0. The first-order chi connectivity index (χ1) is 8.01. The van der Waals surface area contributed by atoms with Crippen LogP contribution in [0.15, 0.2) is 0 Å². The molecule has 1 unspecified atom stereocenters. The van der Waals surface area contributed by atoms with E-state index in [9.17, 15) is 0 Å². The van der Waals surface area contributed by atoms with Crippen LogP contribution in [-0.4, -0.2) is 49.8 Å². The fraction of sp³-hybridized carbons (Fsp3) is 1.00. The Morgan fingerprint density at radius 2 is 2.12 bits per heavy atom. The van der Waals surface area contributed by atoms with E-state index < -0.39 is 0 Å². The second-order valence-corrected chi connectivity index (χ2v) is 6.07. The summed E-state index contributed by atoms with van der Waals surface area (Å²) in [6.07, 6.45) is 2.71. The van der Waals surface area contributed by atoms with E-state index in [2.05, 4.69) is 37.9 Å². The number of nitrogens with one attached hydrogen (secondary N) is 1. The largest absolute Gasteiger partial charge is 0.375 e. The van der Waals surface area contributed by atoms with Gasteiger partial charge in [-0.3, -0.25) is 0 Å². The normalized spacial score (nSPS) is 22.1. The molecule has 0 radical (unpaired) electrons. The van der Waals surface area contributed by atoms with Crippen molar-refractivity contribution in [3.8, 4) is 0 Å². The van der Waals surface area contributed by atoms with Crippen molar-refractivity contribution >= 4 is 0 Å². The average Bonchev–Trinajstić information content (AvgIpc) is 2.27. The summed E-state index contributed by atoms with van der Waals surface area (Å²) in [5.74, 6) is 0.832. The van der Waals surface area contributed by atoms with Gasteiger partial charge in [0.05, 0.1) is 12.2 Å². The molecule has 0 bridgehead atoms. The maximum Gasteiger partial charge on any atom is 0.0600 e. The predicted octanol–water partition coefficient (Wildman–Crippen LogP) is 2.12. The summed E-state index contributed by atoms with van der Waals surface area (Å²) in [7, 11) is 0. The van der Waals surface area contributed by atoms with Gasteiger partial charge in [0.1, 0.15) is 0 Å². The summed E-state index contributed by atoms with van der Waals surface area (Å²) in [6.45, 7) is 15.2. The minimum atomic E-state index is -0.00813. The van der Waals surface area contributed by atoms with Crippen molar-refractivity contribution < 1.29 is 4.74 Å². The second kappa shape index (κ2) is 7.34. The third-order valence-electron chi connectivity index (χ3n) is 3.31. The Kier molecular flexibility index (Phi) is 6.45. The molecule has 0 amide bonds. The van der Waals surface area contributed by atoms with Crippen LogP contribution in [0.25, 0.3) is 0 Å². The van der Waals surface area contributed by atoms with Crippen LogP contribution < -0.4 is 5.32 Å². The van der Waals surface area contributed by atoms with Gasteiger partial charge in [0, 0.05) is 13.1 Å². The van der Waals surface area contributed by atoms with Gasteiger partial charge in [-0.1, -0.05) is 6.92 Å². The highest BCUT2D eigenvalue weighted by molar-refractivity contribution is 4.72. The number of nitrogens with zero attached hydrogens (tertiary/aromatic N) is 1. The van der Waals surface area contributed by atoms with Crippen molar-refractivity contribution in [3.05, 3.63) is 0 Å². The van der Waals surface area contributed by atoms with Crippen LogP contribution >= 0.6 is 0 Å². The summed E-state index contributed by atoms with van der Waals surface area (Å²) >= 11 is 0. The Balaban J connectivity index is 2.18. The Morgan fingerprint density at radius 1 is 1.35 bits per heavy atom. The van der Waals surface area contributed by atoms with Crippen LogP contribution in [0.4, 0.5) is 0 Å². The van der Waals surface area contributed by atoms with Crippen molar-refractivity contribution in [1.82, 2.24) is 10.2 Å². The van der Waals surface area contributed by atoms with E-state index >= 15 is 0 Å². The number of likely N-dealkylation sites (N-methyl/N-ethyl adjacent to an activating group) is 1. The first-order valence-corrected chi connectivity index (χ1v) is 7.08. The minimum Gasteiger partial charge on any atom is -0.375 e. The van der Waals surface area contributed by atoms with Crippen molar-refractivity contribution in [3.63, 3.8) is 0 Å². The molecule has 1 fully saturated rings. The fourth-order valence-electron chi connectivity index (χ4n) is 2.30. The third-order valence-corrected chi connectivity index (χ3v) is 3.31. The zero-order valence-electron chi connectivity index (χ0n) is 12.1. The molecule has 0 aliphatic carbocycles. The lowest BCUT2D eigenvalue weighted by Crippen LogP contribution is -2.40. The van der Waals surface area contributed by atoms with Gasteiger partial charge in [0.2, 0.25) is 0 Å². The molecule has 0 aromatic rings. The highest BCUT2D eigenvalue weighted by Crippen LogP contribution is 2.12. The van der Waals surface area contributed by atoms with Crippen LogP contribution in [0.5, 0.6) is 0 Å².